The molecular weight excluding hydrogens is 338 g/mol. The van der Waals surface area contributed by atoms with Crippen LogP contribution >= 0.6 is 27.5 Å². The van der Waals surface area contributed by atoms with Gasteiger partial charge < -0.3 is 10.1 Å². The molecule has 0 fully saturated rings. The Bertz CT molecular complexity index is 601. The molecular formula is C16H17BrClNO. The second-order valence-corrected chi connectivity index (χ2v) is 5.99. The molecule has 4 heteroatoms. The summed E-state index contributed by atoms with van der Waals surface area (Å²) < 4.78 is 6.88. The summed E-state index contributed by atoms with van der Waals surface area (Å²) in [6.07, 6.45) is 0. The first-order valence-corrected chi connectivity index (χ1v) is 7.58. The Morgan fingerprint density at radius 1 is 1.15 bits per heavy atom. The Kier molecular flexibility index (Phi) is 5.46. The fraction of sp³-hybridized carbons (Fsp3) is 0.250. The van der Waals surface area contributed by atoms with Gasteiger partial charge in [0.2, 0.25) is 0 Å². The van der Waals surface area contributed by atoms with Crippen LogP contribution in [0.15, 0.2) is 40.9 Å². The second-order valence-electron chi connectivity index (χ2n) is 4.67. The van der Waals surface area contributed by atoms with Crippen LogP contribution in [0.5, 0.6) is 5.75 Å². The number of ether oxygens (including phenoxy) is 1. The average molecular weight is 355 g/mol. The molecule has 0 aliphatic rings. The minimum absolute atomic E-state index is 0.464. The maximum Gasteiger partial charge on any atom is 0.124 e. The summed E-state index contributed by atoms with van der Waals surface area (Å²) in [5, 5.41) is 3.87. The number of nitrogens with one attached hydrogen (secondary N) is 1. The van der Waals surface area contributed by atoms with Crippen molar-refractivity contribution < 1.29 is 4.74 Å². The lowest BCUT2D eigenvalue weighted by molar-refractivity contribution is 0.302. The van der Waals surface area contributed by atoms with Crippen molar-refractivity contribution in [2.75, 3.05) is 7.05 Å². The molecule has 0 unspecified atom stereocenters. The van der Waals surface area contributed by atoms with Crippen LogP contribution in [0, 0.1) is 6.92 Å². The molecule has 0 saturated heterocycles. The van der Waals surface area contributed by atoms with E-state index in [2.05, 4.69) is 40.3 Å². The molecule has 106 valence electrons. The maximum atomic E-state index is 6.20. The summed E-state index contributed by atoms with van der Waals surface area (Å²) in [7, 11) is 1.93. The third-order valence-electron chi connectivity index (χ3n) is 2.98. The molecule has 0 aromatic heterocycles. The number of benzene rings is 2. The molecule has 2 aromatic rings. The molecule has 0 heterocycles. The molecule has 0 aliphatic carbocycles. The summed E-state index contributed by atoms with van der Waals surface area (Å²) in [6.45, 7) is 3.32. The van der Waals surface area contributed by atoms with Crippen LogP contribution in [0.2, 0.25) is 5.02 Å². The van der Waals surface area contributed by atoms with Gasteiger partial charge in [-0.05, 0) is 32.2 Å². The average Bonchev–Trinajstić information content (AvgIpc) is 2.40. The number of aryl methyl sites for hydroxylation is 1. The van der Waals surface area contributed by atoms with E-state index < -0.39 is 0 Å². The smallest absolute Gasteiger partial charge is 0.124 e. The quantitative estimate of drug-likeness (QED) is 0.839. The van der Waals surface area contributed by atoms with Crippen LogP contribution in [0.3, 0.4) is 0 Å². The highest BCUT2D eigenvalue weighted by molar-refractivity contribution is 9.10. The van der Waals surface area contributed by atoms with Gasteiger partial charge in [0.1, 0.15) is 12.4 Å². The lowest BCUT2D eigenvalue weighted by atomic mass is 10.1. The summed E-state index contributed by atoms with van der Waals surface area (Å²) in [4.78, 5) is 0. The lowest BCUT2D eigenvalue weighted by Crippen LogP contribution is -2.08. The van der Waals surface area contributed by atoms with Gasteiger partial charge in [-0.3, -0.25) is 0 Å². The number of rotatable bonds is 5. The minimum Gasteiger partial charge on any atom is -0.489 e. The molecule has 0 atom stereocenters. The molecule has 2 aromatic carbocycles. The number of hydrogen-bond acceptors (Lipinski definition) is 2. The van der Waals surface area contributed by atoms with Gasteiger partial charge in [0.05, 0.1) is 0 Å². The van der Waals surface area contributed by atoms with Crippen LogP contribution in [-0.4, -0.2) is 7.05 Å². The third kappa shape index (κ3) is 3.98. The van der Waals surface area contributed by atoms with Gasteiger partial charge in [-0.2, -0.15) is 0 Å². The number of halogens is 2. The zero-order valence-corrected chi connectivity index (χ0v) is 13.9. The van der Waals surface area contributed by atoms with Gasteiger partial charge in [0.25, 0.3) is 0 Å². The molecule has 0 spiro atoms. The lowest BCUT2D eigenvalue weighted by Gasteiger charge is -2.13. The highest BCUT2D eigenvalue weighted by Gasteiger charge is 2.06. The first kappa shape index (κ1) is 15.4. The monoisotopic (exact) mass is 353 g/mol. The van der Waals surface area contributed by atoms with E-state index in [9.17, 15) is 0 Å². The summed E-state index contributed by atoms with van der Waals surface area (Å²) in [5.41, 5.74) is 3.36. The van der Waals surface area contributed by atoms with Gasteiger partial charge >= 0.3 is 0 Å². The minimum atomic E-state index is 0.464. The summed E-state index contributed by atoms with van der Waals surface area (Å²) in [5.74, 6) is 0.893. The van der Waals surface area contributed by atoms with Gasteiger partial charge in [0, 0.05) is 27.2 Å². The normalized spacial score (nSPS) is 10.6. The highest BCUT2D eigenvalue weighted by atomic mass is 79.9. The Hall–Kier alpha value is -1.03. The van der Waals surface area contributed by atoms with Gasteiger partial charge in [-0.25, -0.2) is 0 Å². The Labute approximate surface area is 133 Å². The predicted octanol–water partition coefficient (Wildman–Crippen LogP) is 4.71. The van der Waals surface area contributed by atoms with Crippen LogP contribution < -0.4 is 10.1 Å². The van der Waals surface area contributed by atoms with E-state index in [0.717, 1.165) is 27.9 Å². The van der Waals surface area contributed by atoms with Crippen LogP contribution in [-0.2, 0) is 13.2 Å². The molecule has 1 N–H and O–H groups in total. The largest absolute Gasteiger partial charge is 0.489 e. The van der Waals surface area contributed by atoms with E-state index in [-0.39, 0.29) is 0 Å². The fourth-order valence-corrected chi connectivity index (χ4v) is 2.70. The molecule has 2 nitrogen and oxygen atoms in total. The van der Waals surface area contributed by atoms with E-state index in [0.29, 0.717) is 11.6 Å². The van der Waals surface area contributed by atoms with Gasteiger partial charge in [0.15, 0.2) is 0 Å². The molecule has 0 aliphatic heterocycles. The fourth-order valence-electron chi connectivity index (χ4n) is 1.97. The van der Waals surface area contributed by atoms with Crippen molar-refractivity contribution in [1.82, 2.24) is 5.32 Å². The van der Waals surface area contributed by atoms with Crippen molar-refractivity contribution in [3.8, 4) is 5.75 Å². The van der Waals surface area contributed by atoms with E-state index in [1.54, 1.807) is 0 Å². The molecule has 2 rings (SSSR count). The molecule has 20 heavy (non-hydrogen) atoms. The van der Waals surface area contributed by atoms with Crippen molar-refractivity contribution in [1.29, 1.82) is 0 Å². The van der Waals surface area contributed by atoms with Crippen molar-refractivity contribution in [3.63, 3.8) is 0 Å². The SMILES string of the molecule is CNCc1cc(C)ccc1OCc1ccc(Br)cc1Cl. The van der Waals surface area contributed by atoms with E-state index in [1.165, 1.54) is 5.56 Å². The van der Waals surface area contributed by atoms with Gasteiger partial charge in [-0.15, -0.1) is 0 Å². The van der Waals surface area contributed by atoms with E-state index in [1.807, 2.05) is 31.3 Å². The zero-order valence-electron chi connectivity index (χ0n) is 11.5. The predicted molar refractivity (Wildman–Crippen MR) is 87.4 cm³/mol. The first-order chi connectivity index (χ1) is 9.60. The van der Waals surface area contributed by atoms with Crippen LogP contribution in [0.1, 0.15) is 16.7 Å². The number of hydrogen-bond donors (Lipinski definition) is 1. The topological polar surface area (TPSA) is 21.3 Å². The molecule has 0 amide bonds. The van der Waals surface area contributed by atoms with Crippen molar-refractivity contribution in [2.24, 2.45) is 0 Å². The Morgan fingerprint density at radius 2 is 1.95 bits per heavy atom. The molecule has 0 saturated carbocycles. The van der Waals surface area contributed by atoms with Crippen LogP contribution in [0.4, 0.5) is 0 Å². The Morgan fingerprint density at radius 3 is 2.65 bits per heavy atom. The maximum absolute atomic E-state index is 6.20. The van der Waals surface area contributed by atoms with Gasteiger partial charge in [-0.1, -0.05) is 51.3 Å². The highest BCUT2D eigenvalue weighted by Crippen LogP contribution is 2.25. The molecule has 0 bridgehead atoms. The van der Waals surface area contributed by atoms with E-state index in [4.69, 9.17) is 16.3 Å². The Balaban J connectivity index is 2.14. The van der Waals surface area contributed by atoms with Crippen molar-refractivity contribution >= 4 is 27.5 Å². The molecule has 0 radical (unpaired) electrons. The second kappa shape index (κ2) is 7.11. The van der Waals surface area contributed by atoms with E-state index >= 15 is 0 Å². The summed E-state index contributed by atoms with van der Waals surface area (Å²) in [6, 6.07) is 12.0. The van der Waals surface area contributed by atoms with Crippen LogP contribution in [0.25, 0.3) is 0 Å². The van der Waals surface area contributed by atoms with Crippen molar-refractivity contribution in [3.05, 3.63) is 62.6 Å². The van der Waals surface area contributed by atoms with Crippen molar-refractivity contribution in [2.45, 2.75) is 20.1 Å². The zero-order chi connectivity index (χ0) is 14.5. The third-order valence-corrected chi connectivity index (χ3v) is 3.83. The first-order valence-electron chi connectivity index (χ1n) is 6.41. The summed E-state index contributed by atoms with van der Waals surface area (Å²) >= 11 is 9.60. The standard InChI is InChI=1S/C16H17BrClNO/c1-11-3-6-16(13(7-11)9-19-2)20-10-12-4-5-14(17)8-15(12)18/h3-8,19H,9-10H2,1-2H3.